The van der Waals surface area contributed by atoms with Crippen LogP contribution in [-0.4, -0.2) is 67.5 Å². The largest absolute Gasteiger partial charge is 0.460 e. The number of nitrogens with one attached hydrogen (secondary N) is 1. The minimum absolute atomic E-state index is 0.111. The Balaban J connectivity index is 2.51. The first-order valence-corrected chi connectivity index (χ1v) is 6.43. The van der Waals surface area contributed by atoms with Crippen LogP contribution in [0.4, 0.5) is 0 Å². The number of aliphatic hydroxyl groups is 1. The molecule has 0 bridgehead atoms. The van der Waals surface area contributed by atoms with Gasteiger partial charge in [-0.1, -0.05) is 13.8 Å². The molecule has 0 amide bonds. The van der Waals surface area contributed by atoms with Crippen LogP contribution in [0.2, 0.25) is 0 Å². The molecule has 2 N–H and O–H groups in total. The Morgan fingerprint density at radius 1 is 1.41 bits per heavy atom. The summed E-state index contributed by atoms with van der Waals surface area (Å²) in [6.45, 7) is 9.01. The molecule has 0 aliphatic carbocycles. The standard InChI is InChI=1S/C12H25N2O3/c1-11(2)13-4-6-14(7-9-15)5-3-12(16)17-10-8-14/h11,13,15H,3-10H2,1-2H3/q+1. The molecule has 1 rings (SSSR count). The van der Waals surface area contributed by atoms with Gasteiger partial charge in [-0.2, -0.15) is 0 Å². The van der Waals surface area contributed by atoms with E-state index in [0.717, 1.165) is 30.7 Å². The van der Waals surface area contributed by atoms with Gasteiger partial charge in [-0.3, -0.25) is 4.79 Å². The van der Waals surface area contributed by atoms with Gasteiger partial charge >= 0.3 is 5.97 Å². The number of aliphatic hydroxyl groups excluding tert-OH is 1. The van der Waals surface area contributed by atoms with Gasteiger partial charge in [0.2, 0.25) is 0 Å². The first-order valence-electron chi connectivity index (χ1n) is 6.43. The summed E-state index contributed by atoms with van der Waals surface area (Å²) in [5.41, 5.74) is 0. The number of hydrogen-bond acceptors (Lipinski definition) is 4. The highest BCUT2D eigenvalue weighted by Gasteiger charge is 2.30. The van der Waals surface area contributed by atoms with E-state index in [4.69, 9.17) is 4.74 Å². The Bertz CT molecular complexity index is 246. The molecule has 1 fully saturated rings. The van der Waals surface area contributed by atoms with Crippen molar-refractivity contribution >= 4 is 5.97 Å². The first-order chi connectivity index (χ1) is 8.08. The van der Waals surface area contributed by atoms with Crippen LogP contribution in [0.15, 0.2) is 0 Å². The minimum Gasteiger partial charge on any atom is -0.460 e. The molecule has 0 spiro atoms. The van der Waals surface area contributed by atoms with Gasteiger partial charge in [-0.05, 0) is 0 Å². The van der Waals surface area contributed by atoms with Gasteiger partial charge in [0.15, 0.2) is 0 Å². The molecule has 0 aromatic rings. The zero-order chi connectivity index (χ0) is 12.7. The lowest BCUT2D eigenvalue weighted by Crippen LogP contribution is -2.54. The maximum absolute atomic E-state index is 11.2. The van der Waals surface area contributed by atoms with Crippen molar-refractivity contribution in [3.63, 3.8) is 0 Å². The monoisotopic (exact) mass is 245 g/mol. The molecule has 5 nitrogen and oxygen atoms in total. The maximum Gasteiger partial charge on any atom is 0.311 e. The van der Waals surface area contributed by atoms with Crippen molar-refractivity contribution in [2.75, 3.05) is 45.9 Å². The van der Waals surface area contributed by atoms with Crippen molar-refractivity contribution < 1.29 is 19.1 Å². The molecular formula is C12H25N2O3+. The van der Waals surface area contributed by atoms with Gasteiger partial charge in [-0.15, -0.1) is 0 Å². The Labute approximate surface area is 103 Å². The second-order valence-electron chi connectivity index (χ2n) is 5.04. The van der Waals surface area contributed by atoms with E-state index in [-0.39, 0.29) is 12.6 Å². The Morgan fingerprint density at radius 3 is 2.82 bits per heavy atom. The van der Waals surface area contributed by atoms with E-state index in [0.29, 0.717) is 25.6 Å². The van der Waals surface area contributed by atoms with E-state index >= 15 is 0 Å². The second kappa shape index (κ2) is 6.93. The van der Waals surface area contributed by atoms with E-state index in [1.807, 2.05) is 0 Å². The summed E-state index contributed by atoms with van der Waals surface area (Å²) in [6, 6.07) is 0.467. The fraction of sp³-hybridized carbons (Fsp3) is 0.917. The highest BCUT2D eigenvalue weighted by molar-refractivity contribution is 5.69. The summed E-state index contributed by atoms with van der Waals surface area (Å²) in [5, 5.41) is 12.6. The Morgan fingerprint density at radius 2 is 2.18 bits per heavy atom. The van der Waals surface area contributed by atoms with Gasteiger partial charge in [0.25, 0.3) is 0 Å². The molecule has 1 saturated heterocycles. The molecule has 5 heteroatoms. The minimum atomic E-state index is -0.111. The average Bonchev–Trinajstić information content (AvgIpc) is 2.42. The Hall–Kier alpha value is -0.650. The van der Waals surface area contributed by atoms with Crippen molar-refractivity contribution in [2.45, 2.75) is 26.3 Å². The third-order valence-corrected chi connectivity index (χ3v) is 3.33. The summed E-state index contributed by atoms with van der Waals surface area (Å²) in [5.74, 6) is -0.111. The molecule has 0 radical (unpaired) electrons. The lowest BCUT2D eigenvalue weighted by molar-refractivity contribution is -0.925. The van der Waals surface area contributed by atoms with Crippen LogP contribution in [-0.2, 0) is 9.53 Å². The smallest absolute Gasteiger partial charge is 0.311 e. The molecule has 1 unspecified atom stereocenters. The summed E-state index contributed by atoms with van der Waals surface area (Å²) < 4.78 is 5.86. The molecule has 0 aromatic carbocycles. The van der Waals surface area contributed by atoms with Crippen molar-refractivity contribution in [3.8, 4) is 0 Å². The zero-order valence-electron chi connectivity index (χ0n) is 10.9. The fourth-order valence-electron chi connectivity index (χ4n) is 2.23. The van der Waals surface area contributed by atoms with Crippen LogP contribution in [0.5, 0.6) is 0 Å². The lowest BCUT2D eigenvalue weighted by atomic mass is 10.2. The molecule has 1 heterocycles. The number of cyclic esters (lactones) is 1. The van der Waals surface area contributed by atoms with Crippen molar-refractivity contribution in [3.05, 3.63) is 0 Å². The SMILES string of the molecule is CC(C)NCC[N+]1(CCO)CCOC(=O)CC1. The van der Waals surface area contributed by atoms with Gasteiger partial charge in [0.1, 0.15) is 19.7 Å². The average molecular weight is 245 g/mol. The normalized spacial score (nSPS) is 25.8. The van der Waals surface area contributed by atoms with Crippen LogP contribution >= 0.6 is 0 Å². The van der Waals surface area contributed by atoms with Crippen LogP contribution in [0, 0.1) is 0 Å². The molecule has 1 aliphatic heterocycles. The molecular weight excluding hydrogens is 220 g/mol. The number of carbonyl (C=O) groups is 1. The number of esters is 1. The predicted molar refractivity (Wildman–Crippen MR) is 65.5 cm³/mol. The van der Waals surface area contributed by atoms with E-state index in [2.05, 4.69) is 19.2 Å². The topological polar surface area (TPSA) is 58.6 Å². The van der Waals surface area contributed by atoms with Crippen molar-refractivity contribution in [2.24, 2.45) is 0 Å². The van der Waals surface area contributed by atoms with Gasteiger partial charge in [0, 0.05) is 12.6 Å². The summed E-state index contributed by atoms with van der Waals surface area (Å²) >= 11 is 0. The number of nitrogens with zero attached hydrogens (tertiary/aromatic N) is 1. The van der Waals surface area contributed by atoms with Crippen LogP contribution < -0.4 is 5.32 Å². The van der Waals surface area contributed by atoms with Gasteiger partial charge in [0.05, 0.1) is 26.1 Å². The molecule has 17 heavy (non-hydrogen) atoms. The summed E-state index contributed by atoms with van der Waals surface area (Å²) in [4.78, 5) is 11.2. The second-order valence-corrected chi connectivity index (χ2v) is 5.04. The first kappa shape index (κ1) is 14.4. The Kier molecular flexibility index (Phi) is 5.88. The molecule has 1 atom stereocenters. The van der Waals surface area contributed by atoms with Crippen molar-refractivity contribution in [1.29, 1.82) is 0 Å². The van der Waals surface area contributed by atoms with Crippen LogP contribution in [0.25, 0.3) is 0 Å². The molecule has 1 aliphatic rings. The maximum atomic E-state index is 11.2. The van der Waals surface area contributed by atoms with Crippen molar-refractivity contribution in [1.82, 2.24) is 5.32 Å². The molecule has 0 saturated carbocycles. The number of quaternary nitrogens is 1. The van der Waals surface area contributed by atoms with Gasteiger partial charge in [-0.25, -0.2) is 0 Å². The van der Waals surface area contributed by atoms with Gasteiger partial charge < -0.3 is 19.6 Å². The third kappa shape index (κ3) is 5.02. The van der Waals surface area contributed by atoms with E-state index in [9.17, 15) is 9.90 Å². The fourth-order valence-corrected chi connectivity index (χ4v) is 2.23. The number of carbonyl (C=O) groups excluding carboxylic acids is 1. The number of rotatable bonds is 6. The summed E-state index contributed by atoms with van der Waals surface area (Å²) in [6.07, 6.45) is 0.460. The predicted octanol–water partition coefficient (Wildman–Crippen LogP) is -0.260. The third-order valence-electron chi connectivity index (χ3n) is 3.33. The van der Waals surface area contributed by atoms with Crippen LogP contribution in [0.1, 0.15) is 20.3 Å². The number of ether oxygens (including phenoxy) is 1. The van der Waals surface area contributed by atoms with E-state index < -0.39 is 0 Å². The van der Waals surface area contributed by atoms with E-state index in [1.54, 1.807) is 0 Å². The number of hydrogen-bond donors (Lipinski definition) is 2. The van der Waals surface area contributed by atoms with E-state index in [1.165, 1.54) is 0 Å². The lowest BCUT2D eigenvalue weighted by Gasteiger charge is -2.36. The highest BCUT2D eigenvalue weighted by Crippen LogP contribution is 2.12. The summed E-state index contributed by atoms with van der Waals surface area (Å²) in [7, 11) is 0. The highest BCUT2D eigenvalue weighted by atomic mass is 16.5. The zero-order valence-corrected chi connectivity index (χ0v) is 10.9. The molecule has 0 aromatic heterocycles. The quantitative estimate of drug-likeness (QED) is 0.500. The van der Waals surface area contributed by atoms with Crippen LogP contribution in [0.3, 0.4) is 0 Å². The molecule has 100 valence electrons.